The van der Waals surface area contributed by atoms with Gasteiger partial charge in [-0.1, -0.05) is 0 Å². The Morgan fingerprint density at radius 2 is 2.33 bits per heavy atom. The number of carboxylic acids is 1. The molecule has 5 nitrogen and oxygen atoms in total. The lowest BCUT2D eigenvalue weighted by Crippen LogP contribution is -2.44. The molecule has 98 valence electrons. The Balaban J connectivity index is 2.03. The van der Waals surface area contributed by atoms with Crippen molar-refractivity contribution in [3.63, 3.8) is 0 Å². The molecule has 0 aliphatic carbocycles. The SMILES string of the molecule is O=C(O)CC[C@H]1CCCCN1C(=O)c1cscn1. The van der Waals surface area contributed by atoms with Gasteiger partial charge in [0.25, 0.3) is 5.91 Å². The van der Waals surface area contributed by atoms with E-state index in [2.05, 4.69) is 4.98 Å². The minimum atomic E-state index is -0.804. The number of carboxylic acid groups (broad SMARTS) is 1. The number of carbonyl (C=O) groups is 2. The molecule has 1 aliphatic rings. The van der Waals surface area contributed by atoms with Crippen LogP contribution in [0.5, 0.6) is 0 Å². The lowest BCUT2D eigenvalue weighted by Gasteiger charge is -2.35. The lowest BCUT2D eigenvalue weighted by atomic mass is 9.97. The molecular formula is C12H16N2O3S. The number of rotatable bonds is 4. The summed E-state index contributed by atoms with van der Waals surface area (Å²) in [6.45, 7) is 0.709. The number of nitrogens with zero attached hydrogens (tertiary/aromatic N) is 2. The summed E-state index contributed by atoms with van der Waals surface area (Å²) in [7, 11) is 0. The molecule has 0 radical (unpaired) electrons. The van der Waals surface area contributed by atoms with Crippen LogP contribution < -0.4 is 0 Å². The van der Waals surface area contributed by atoms with Crippen molar-refractivity contribution < 1.29 is 14.7 Å². The minimum Gasteiger partial charge on any atom is -0.481 e. The highest BCUT2D eigenvalue weighted by molar-refractivity contribution is 7.07. The lowest BCUT2D eigenvalue weighted by molar-refractivity contribution is -0.137. The second kappa shape index (κ2) is 5.95. The number of aliphatic carboxylic acids is 1. The van der Waals surface area contributed by atoms with Crippen molar-refractivity contribution in [1.82, 2.24) is 9.88 Å². The molecule has 0 aromatic carbocycles. The highest BCUT2D eigenvalue weighted by Gasteiger charge is 2.28. The van der Waals surface area contributed by atoms with Gasteiger partial charge in [-0.15, -0.1) is 11.3 Å². The molecule has 0 unspecified atom stereocenters. The number of hydrogen-bond donors (Lipinski definition) is 1. The molecule has 1 atom stereocenters. The maximum Gasteiger partial charge on any atom is 0.303 e. The first kappa shape index (κ1) is 13.0. The second-order valence-corrected chi connectivity index (χ2v) is 5.17. The molecule has 0 saturated carbocycles. The van der Waals surface area contributed by atoms with Crippen LogP contribution in [0.2, 0.25) is 0 Å². The van der Waals surface area contributed by atoms with Crippen molar-refractivity contribution in [3.05, 3.63) is 16.6 Å². The van der Waals surface area contributed by atoms with Crippen LogP contribution in [-0.2, 0) is 4.79 Å². The number of hydrogen-bond acceptors (Lipinski definition) is 4. The standard InChI is InChI=1S/C12H16N2O3S/c15-11(16)5-4-9-3-1-2-6-14(9)12(17)10-7-18-8-13-10/h7-9H,1-6H2,(H,15,16)/t9-/m1/s1. The van der Waals surface area contributed by atoms with Crippen molar-refractivity contribution in [2.45, 2.75) is 38.1 Å². The van der Waals surface area contributed by atoms with E-state index in [-0.39, 0.29) is 18.4 Å². The van der Waals surface area contributed by atoms with E-state index >= 15 is 0 Å². The average Bonchev–Trinajstić information content (AvgIpc) is 2.89. The zero-order valence-electron chi connectivity index (χ0n) is 10.0. The Labute approximate surface area is 109 Å². The normalized spacial score (nSPS) is 19.8. The summed E-state index contributed by atoms with van der Waals surface area (Å²) >= 11 is 1.40. The third-order valence-electron chi connectivity index (χ3n) is 3.23. The maximum absolute atomic E-state index is 12.2. The van der Waals surface area contributed by atoms with E-state index in [1.807, 2.05) is 0 Å². The molecule has 2 heterocycles. The van der Waals surface area contributed by atoms with Gasteiger partial charge >= 0.3 is 5.97 Å². The molecule has 0 bridgehead atoms. The summed E-state index contributed by atoms with van der Waals surface area (Å²) < 4.78 is 0. The van der Waals surface area contributed by atoms with Crippen LogP contribution in [0, 0.1) is 0 Å². The zero-order valence-corrected chi connectivity index (χ0v) is 10.9. The first-order chi connectivity index (χ1) is 8.68. The maximum atomic E-state index is 12.2. The molecule has 1 aromatic rings. The van der Waals surface area contributed by atoms with E-state index in [9.17, 15) is 9.59 Å². The first-order valence-electron chi connectivity index (χ1n) is 6.09. The largest absolute Gasteiger partial charge is 0.481 e. The molecule has 1 aliphatic heterocycles. The van der Waals surface area contributed by atoms with Crippen molar-refractivity contribution in [3.8, 4) is 0 Å². The van der Waals surface area contributed by atoms with Gasteiger partial charge in [-0.25, -0.2) is 4.98 Å². The van der Waals surface area contributed by atoms with E-state index in [1.54, 1.807) is 15.8 Å². The topological polar surface area (TPSA) is 70.5 Å². The predicted octanol–water partition coefficient (Wildman–Crippen LogP) is 2.00. The van der Waals surface area contributed by atoms with Crippen LogP contribution in [0.25, 0.3) is 0 Å². The summed E-state index contributed by atoms with van der Waals surface area (Å²) in [6.07, 6.45) is 3.59. The molecule has 1 N–H and O–H groups in total. The number of piperidine rings is 1. The van der Waals surface area contributed by atoms with Gasteiger partial charge in [0.1, 0.15) is 5.69 Å². The number of thiazole rings is 1. The Kier molecular flexibility index (Phi) is 4.30. The minimum absolute atomic E-state index is 0.0454. The molecule has 18 heavy (non-hydrogen) atoms. The quantitative estimate of drug-likeness (QED) is 0.906. The molecule has 1 saturated heterocycles. The Morgan fingerprint density at radius 3 is 3.00 bits per heavy atom. The Hall–Kier alpha value is -1.43. The smallest absolute Gasteiger partial charge is 0.303 e. The van der Waals surface area contributed by atoms with Gasteiger partial charge < -0.3 is 10.0 Å². The third kappa shape index (κ3) is 3.07. The summed E-state index contributed by atoms with van der Waals surface area (Å²) in [5, 5.41) is 10.5. The zero-order chi connectivity index (χ0) is 13.0. The number of amides is 1. The number of carbonyl (C=O) groups excluding carboxylic acids is 1. The summed E-state index contributed by atoms with van der Waals surface area (Å²) in [6, 6.07) is 0.0454. The van der Waals surface area contributed by atoms with E-state index in [1.165, 1.54) is 11.3 Å². The van der Waals surface area contributed by atoms with Crippen LogP contribution in [0.3, 0.4) is 0 Å². The number of likely N-dealkylation sites (tertiary alicyclic amines) is 1. The fraction of sp³-hybridized carbons (Fsp3) is 0.583. The second-order valence-electron chi connectivity index (χ2n) is 4.45. The van der Waals surface area contributed by atoms with Crippen molar-refractivity contribution in [2.24, 2.45) is 0 Å². The predicted molar refractivity (Wildman–Crippen MR) is 67.7 cm³/mol. The van der Waals surface area contributed by atoms with E-state index in [4.69, 9.17) is 5.11 Å². The van der Waals surface area contributed by atoms with Gasteiger partial charge in [0.05, 0.1) is 5.51 Å². The van der Waals surface area contributed by atoms with E-state index in [0.29, 0.717) is 18.7 Å². The highest BCUT2D eigenvalue weighted by Crippen LogP contribution is 2.23. The first-order valence-corrected chi connectivity index (χ1v) is 7.03. The molecular weight excluding hydrogens is 252 g/mol. The van der Waals surface area contributed by atoms with Crippen molar-refractivity contribution in [1.29, 1.82) is 0 Å². The average molecular weight is 268 g/mol. The van der Waals surface area contributed by atoms with E-state index in [0.717, 1.165) is 19.3 Å². The van der Waals surface area contributed by atoms with Gasteiger partial charge in [-0.05, 0) is 25.7 Å². The highest BCUT2D eigenvalue weighted by atomic mass is 32.1. The fourth-order valence-electron chi connectivity index (χ4n) is 2.32. The van der Waals surface area contributed by atoms with Gasteiger partial charge in [-0.3, -0.25) is 9.59 Å². The fourth-order valence-corrected chi connectivity index (χ4v) is 2.85. The van der Waals surface area contributed by atoms with Crippen LogP contribution in [0.4, 0.5) is 0 Å². The monoisotopic (exact) mass is 268 g/mol. The van der Waals surface area contributed by atoms with Gasteiger partial charge in [0.2, 0.25) is 0 Å². The van der Waals surface area contributed by atoms with Crippen LogP contribution in [0.1, 0.15) is 42.6 Å². The van der Waals surface area contributed by atoms with Crippen molar-refractivity contribution in [2.75, 3.05) is 6.54 Å². The number of aromatic nitrogens is 1. The molecule has 0 spiro atoms. The van der Waals surface area contributed by atoms with Crippen LogP contribution in [0.15, 0.2) is 10.9 Å². The molecule has 2 rings (SSSR count). The molecule has 1 aromatic heterocycles. The summed E-state index contributed by atoms with van der Waals surface area (Å²) in [4.78, 5) is 28.7. The molecule has 1 fully saturated rings. The van der Waals surface area contributed by atoms with Crippen LogP contribution in [-0.4, -0.2) is 39.5 Å². The van der Waals surface area contributed by atoms with Crippen LogP contribution >= 0.6 is 11.3 Å². The van der Waals surface area contributed by atoms with E-state index < -0.39 is 5.97 Å². The summed E-state index contributed by atoms with van der Waals surface area (Å²) in [5.41, 5.74) is 2.12. The Bertz CT molecular complexity index is 419. The van der Waals surface area contributed by atoms with Gasteiger partial charge in [0, 0.05) is 24.4 Å². The summed E-state index contributed by atoms with van der Waals surface area (Å²) in [5.74, 6) is -0.868. The third-order valence-corrected chi connectivity index (χ3v) is 3.82. The Morgan fingerprint density at radius 1 is 1.50 bits per heavy atom. The molecule has 1 amide bonds. The van der Waals surface area contributed by atoms with Crippen molar-refractivity contribution >= 4 is 23.2 Å². The molecule has 6 heteroatoms. The van der Waals surface area contributed by atoms with Gasteiger partial charge in [0.15, 0.2) is 0 Å². The van der Waals surface area contributed by atoms with Gasteiger partial charge in [-0.2, -0.15) is 0 Å².